The van der Waals surface area contributed by atoms with Crippen LogP contribution in [0.3, 0.4) is 0 Å². The maximum absolute atomic E-state index is 11.7. The Labute approximate surface area is 77.1 Å². The highest BCUT2D eigenvalue weighted by Crippen LogP contribution is 2.50. The molecule has 0 spiro atoms. The second-order valence-electron chi connectivity index (χ2n) is 2.22. The summed E-state index contributed by atoms with van der Waals surface area (Å²) in [5.41, 5.74) is 10.2. The lowest BCUT2D eigenvalue weighted by molar-refractivity contribution is -0.118. The highest BCUT2D eigenvalue weighted by atomic mass is 31.2. The number of hydrogen-bond donors (Lipinski definition) is 2. The average molecular weight is 210 g/mol. The van der Waals surface area contributed by atoms with Crippen molar-refractivity contribution in [1.29, 1.82) is 0 Å². The molecule has 0 saturated heterocycles. The fourth-order valence-corrected chi connectivity index (χ4v) is 2.14. The van der Waals surface area contributed by atoms with E-state index < -0.39 is 19.3 Å². The van der Waals surface area contributed by atoms with Gasteiger partial charge in [0.1, 0.15) is 0 Å². The zero-order valence-corrected chi connectivity index (χ0v) is 8.62. The first-order chi connectivity index (χ1) is 5.98. The molecule has 1 atom stereocenters. The molecule has 6 nitrogen and oxygen atoms in total. The fraction of sp³-hybridized carbons (Fsp3) is 0.833. The number of carbonyl (C=O) groups excluding carboxylic acids is 1. The average Bonchev–Trinajstić information content (AvgIpc) is 2.03. The number of primary amides is 1. The predicted octanol–water partition coefficient (Wildman–Crippen LogP) is 0.0226. The Hall–Kier alpha value is -0.420. The number of nitrogens with two attached hydrogens (primary N) is 2. The van der Waals surface area contributed by atoms with Crippen molar-refractivity contribution < 1.29 is 18.4 Å². The third-order valence-electron chi connectivity index (χ3n) is 1.25. The molecule has 0 aromatic rings. The second kappa shape index (κ2) is 5.34. The first-order valence-electron chi connectivity index (χ1n) is 3.91. The van der Waals surface area contributed by atoms with Crippen molar-refractivity contribution >= 4 is 13.5 Å². The Kier molecular flexibility index (Phi) is 5.17. The molecule has 13 heavy (non-hydrogen) atoms. The summed E-state index contributed by atoms with van der Waals surface area (Å²) in [6.45, 7) is 3.55. The van der Waals surface area contributed by atoms with Gasteiger partial charge in [-0.1, -0.05) is 0 Å². The molecule has 7 heteroatoms. The molecule has 0 aromatic carbocycles. The van der Waals surface area contributed by atoms with Crippen LogP contribution in [0.15, 0.2) is 0 Å². The minimum atomic E-state index is -3.56. The minimum absolute atomic E-state index is 0.151. The molecule has 0 aliphatic heterocycles. The van der Waals surface area contributed by atoms with Crippen LogP contribution in [0, 0.1) is 0 Å². The van der Waals surface area contributed by atoms with Crippen molar-refractivity contribution in [2.24, 2.45) is 11.5 Å². The van der Waals surface area contributed by atoms with Crippen molar-refractivity contribution in [3.05, 3.63) is 0 Å². The van der Waals surface area contributed by atoms with Gasteiger partial charge < -0.3 is 20.5 Å². The largest absolute Gasteiger partial charge is 0.368 e. The van der Waals surface area contributed by atoms with E-state index in [2.05, 4.69) is 0 Å². The third-order valence-corrected chi connectivity index (χ3v) is 3.42. The number of amides is 1. The van der Waals surface area contributed by atoms with E-state index in [4.69, 9.17) is 20.5 Å². The molecule has 0 bridgehead atoms. The molecule has 0 aliphatic rings. The van der Waals surface area contributed by atoms with E-state index in [0.717, 1.165) is 0 Å². The molecule has 0 rings (SSSR count). The van der Waals surface area contributed by atoms with Crippen LogP contribution in [0.2, 0.25) is 0 Å². The Morgan fingerprint density at radius 3 is 2.00 bits per heavy atom. The van der Waals surface area contributed by atoms with E-state index in [1.165, 1.54) is 0 Å². The summed E-state index contributed by atoms with van der Waals surface area (Å²) in [7, 11) is -3.56. The van der Waals surface area contributed by atoms with Crippen LogP contribution < -0.4 is 11.5 Å². The Morgan fingerprint density at radius 2 is 1.77 bits per heavy atom. The van der Waals surface area contributed by atoms with Gasteiger partial charge in [0.15, 0.2) is 5.78 Å². The molecule has 0 unspecified atom stereocenters. The Morgan fingerprint density at radius 1 is 1.38 bits per heavy atom. The summed E-state index contributed by atoms with van der Waals surface area (Å²) in [4.78, 5) is 10.7. The minimum Gasteiger partial charge on any atom is -0.368 e. The maximum Gasteiger partial charge on any atom is 0.356 e. The van der Waals surface area contributed by atoms with Crippen LogP contribution in [0.25, 0.3) is 0 Å². The van der Waals surface area contributed by atoms with Gasteiger partial charge in [-0.2, -0.15) is 0 Å². The van der Waals surface area contributed by atoms with Crippen LogP contribution in [0.1, 0.15) is 13.8 Å². The van der Waals surface area contributed by atoms with Gasteiger partial charge in [0.2, 0.25) is 5.91 Å². The number of carbonyl (C=O) groups is 1. The summed E-state index contributed by atoms with van der Waals surface area (Å²) in [5, 5.41) is 0. The zero-order valence-electron chi connectivity index (χ0n) is 7.73. The zero-order chi connectivity index (χ0) is 10.5. The topological polar surface area (TPSA) is 105 Å². The maximum atomic E-state index is 11.7. The predicted molar refractivity (Wildman–Crippen MR) is 48.0 cm³/mol. The normalized spacial score (nSPS) is 14.1. The van der Waals surface area contributed by atoms with Gasteiger partial charge in [-0.3, -0.25) is 9.36 Å². The Bertz CT molecular complexity index is 211. The molecular formula is C6H15N2O4P. The van der Waals surface area contributed by atoms with Crippen LogP contribution in [0.5, 0.6) is 0 Å². The van der Waals surface area contributed by atoms with Gasteiger partial charge in [-0.05, 0) is 13.8 Å². The molecular weight excluding hydrogens is 195 g/mol. The summed E-state index contributed by atoms with van der Waals surface area (Å²) < 4.78 is 21.3. The first kappa shape index (κ1) is 12.6. The van der Waals surface area contributed by atoms with E-state index >= 15 is 0 Å². The van der Waals surface area contributed by atoms with Gasteiger partial charge in [-0.25, -0.2) is 0 Å². The monoisotopic (exact) mass is 210 g/mol. The van der Waals surface area contributed by atoms with E-state index in [9.17, 15) is 9.36 Å². The van der Waals surface area contributed by atoms with E-state index in [1.54, 1.807) is 13.8 Å². The third kappa shape index (κ3) is 3.44. The van der Waals surface area contributed by atoms with E-state index in [0.29, 0.717) is 0 Å². The van der Waals surface area contributed by atoms with Crippen LogP contribution in [0.4, 0.5) is 0 Å². The van der Waals surface area contributed by atoms with E-state index in [-0.39, 0.29) is 13.2 Å². The molecule has 0 radical (unpaired) electrons. The van der Waals surface area contributed by atoms with Crippen molar-refractivity contribution in [1.82, 2.24) is 0 Å². The molecule has 0 saturated carbocycles. The lowest BCUT2D eigenvalue weighted by atomic mass is 10.6. The van der Waals surface area contributed by atoms with Crippen molar-refractivity contribution in [3.8, 4) is 0 Å². The van der Waals surface area contributed by atoms with Crippen LogP contribution in [-0.4, -0.2) is 24.9 Å². The quantitative estimate of drug-likeness (QED) is 0.601. The lowest BCUT2D eigenvalue weighted by Crippen LogP contribution is -2.37. The SMILES string of the molecule is CCOP(=O)(OCC)[C@H](N)C(N)=O. The van der Waals surface area contributed by atoms with Crippen LogP contribution >= 0.6 is 7.60 Å². The molecule has 0 aliphatic carbocycles. The van der Waals surface area contributed by atoms with Gasteiger partial charge in [-0.15, -0.1) is 0 Å². The van der Waals surface area contributed by atoms with Gasteiger partial charge in [0.25, 0.3) is 0 Å². The van der Waals surface area contributed by atoms with Gasteiger partial charge in [0, 0.05) is 0 Å². The molecule has 0 heterocycles. The summed E-state index contributed by atoms with van der Waals surface area (Å²) in [5.74, 6) is -2.29. The number of hydrogen-bond acceptors (Lipinski definition) is 5. The Balaban J connectivity index is 4.57. The fourth-order valence-electron chi connectivity index (χ4n) is 0.714. The summed E-state index contributed by atoms with van der Waals surface area (Å²) >= 11 is 0. The van der Waals surface area contributed by atoms with Crippen molar-refractivity contribution in [2.45, 2.75) is 19.6 Å². The number of rotatable bonds is 6. The molecule has 4 N–H and O–H groups in total. The van der Waals surface area contributed by atoms with Gasteiger partial charge in [0.05, 0.1) is 13.2 Å². The van der Waals surface area contributed by atoms with Gasteiger partial charge >= 0.3 is 7.60 Å². The van der Waals surface area contributed by atoms with E-state index in [1.807, 2.05) is 0 Å². The molecule has 0 aromatic heterocycles. The van der Waals surface area contributed by atoms with Crippen LogP contribution in [-0.2, 0) is 18.4 Å². The smallest absolute Gasteiger partial charge is 0.356 e. The van der Waals surface area contributed by atoms with Crippen molar-refractivity contribution in [3.63, 3.8) is 0 Å². The first-order valence-corrected chi connectivity index (χ1v) is 5.52. The highest BCUT2D eigenvalue weighted by Gasteiger charge is 2.36. The molecule has 0 fully saturated rings. The second-order valence-corrected chi connectivity index (χ2v) is 4.37. The molecule has 1 amide bonds. The summed E-state index contributed by atoms with van der Waals surface area (Å²) in [6.07, 6.45) is 0. The highest BCUT2D eigenvalue weighted by molar-refractivity contribution is 7.55. The standard InChI is InChI=1S/C6H15N2O4P/c1-3-11-13(10,12-4-2)6(8)5(7)9/h6H,3-4,8H2,1-2H3,(H2,7,9)/t6-/m0/s1. The lowest BCUT2D eigenvalue weighted by Gasteiger charge is -2.20. The van der Waals surface area contributed by atoms with Crippen molar-refractivity contribution in [2.75, 3.05) is 13.2 Å². The summed E-state index contributed by atoms with van der Waals surface area (Å²) in [6, 6.07) is 0. The molecule has 78 valence electrons.